The van der Waals surface area contributed by atoms with Gasteiger partial charge in [-0.15, -0.1) is 0 Å². The van der Waals surface area contributed by atoms with Gasteiger partial charge in [-0.2, -0.15) is 0 Å². The Morgan fingerprint density at radius 2 is 1.78 bits per heavy atom. The van der Waals surface area contributed by atoms with Crippen molar-refractivity contribution in [3.05, 3.63) is 77.9 Å². The molecule has 1 fully saturated rings. The molecule has 7 heteroatoms. The summed E-state index contributed by atoms with van der Waals surface area (Å²) in [7, 11) is 0. The highest BCUT2D eigenvalue weighted by atomic mass is 16.5. The molecular weight excluding hydrogens is 456 g/mol. The molecule has 0 aliphatic carbocycles. The maximum absolute atomic E-state index is 13.3. The van der Waals surface area contributed by atoms with Gasteiger partial charge in [-0.25, -0.2) is 0 Å². The molecule has 2 aromatic carbocycles. The minimum atomic E-state index is -0.714. The lowest BCUT2D eigenvalue weighted by atomic mass is 9.95. The zero-order valence-electron chi connectivity index (χ0n) is 21.4. The van der Waals surface area contributed by atoms with Gasteiger partial charge in [0.15, 0.2) is 0 Å². The molecule has 1 aliphatic rings. The monoisotopic (exact) mass is 492 g/mol. The minimum absolute atomic E-state index is 0.0759. The molecule has 192 valence electrons. The highest BCUT2D eigenvalue weighted by Gasteiger charge is 2.46. The molecule has 36 heavy (non-hydrogen) atoms. The van der Waals surface area contributed by atoms with E-state index in [2.05, 4.69) is 25.3 Å². The molecule has 1 unspecified atom stereocenters. The van der Waals surface area contributed by atoms with Crippen molar-refractivity contribution in [3.63, 3.8) is 0 Å². The van der Waals surface area contributed by atoms with E-state index in [0.29, 0.717) is 43.4 Å². The second-order valence-electron chi connectivity index (χ2n) is 8.56. The molecule has 0 bridgehead atoms. The Morgan fingerprint density at radius 3 is 2.42 bits per heavy atom. The van der Waals surface area contributed by atoms with E-state index in [4.69, 9.17) is 9.47 Å². The number of hydrogen-bond donors (Lipinski definition) is 1. The lowest BCUT2D eigenvalue weighted by molar-refractivity contribution is -0.140. The summed E-state index contributed by atoms with van der Waals surface area (Å²) in [5, 5.41) is 11.3. The van der Waals surface area contributed by atoms with Gasteiger partial charge >= 0.3 is 0 Å². The van der Waals surface area contributed by atoms with Crippen LogP contribution < -0.4 is 9.47 Å². The summed E-state index contributed by atoms with van der Waals surface area (Å²) in [6.07, 6.45) is 2.51. The number of aliphatic hydroxyl groups excluding tert-OH is 1. The molecule has 1 aliphatic heterocycles. The largest absolute Gasteiger partial charge is 0.507 e. The van der Waals surface area contributed by atoms with Gasteiger partial charge in [-0.1, -0.05) is 57.7 Å². The molecule has 3 rings (SSSR count). The summed E-state index contributed by atoms with van der Waals surface area (Å²) < 4.78 is 11.3. The molecule has 0 spiro atoms. The Hall–Kier alpha value is -3.58. The average Bonchev–Trinajstić information content (AvgIpc) is 3.16. The van der Waals surface area contributed by atoms with Gasteiger partial charge in [0, 0.05) is 18.7 Å². The maximum atomic E-state index is 13.3. The van der Waals surface area contributed by atoms with Gasteiger partial charge in [0.2, 0.25) is 0 Å². The number of ketones is 1. The first-order valence-electron chi connectivity index (χ1n) is 12.5. The molecular formula is C29H36N2O5. The van der Waals surface area contributed by atoms with Crippen LogP contribution in [0.5, 0.6) is 11.5 Å². The van der Waals surface area contributed by atoms with Gasteiger partial charge in [0.1, 0.15) is 23.9 Å². The van der Waals surface area contributed by atoms with Crippen molar-refractivity contribution in [1.82, 2.24) is 9.80 Å². The van der Waals surface area contributed by atoms with Crippen molar-refractivity contribution >= 4 is 17.4 Å². The number of ether oxygens (including phenoxy) is 2. The van der Waals surface area contributed by atoms with Crippen molar-refractivity contribution in [2.24, 2.45) is 0 Å². The quantitative estimate of drug-likeness (QED) is 0.187. The Bertz CT molecular complexity index is 1090. The van der Waals surface area contributed by atoms with Crippen molar-refractivity contribution in [1.29, 1.82) is 0 Å². The molecule has 7 nitrogen and oxygen atoms in total. The van der Waals surface area contributed by atoms with E-state index in [1.165, 1.54) is 0 Å². The van der Waals surface area contributed by atoms with E-state index in [0.717, 1.165) is 25.1 Å². The van der Waals surface area contributed by atoms with E-state index in [-0.39, 0.29) is 11.3 Å². The molecule has 1 heterocycles. The Morgan fingerprint density at radius 1 is 1.06 bits per heavy atom. The van der Waals surface area contributed by atoms with Crippen molar-refractivity contribution < 1.29 is 24.2 Å². The normalized spacial score (nSPS) is 17.0. The predicted molar refractivity (Wildman–Crippen MR) is 141 cm³/mol. The standard InChI is InChI=1S/C29H36N2O5/c1-5-18-35-23-14-12-21(13-15-23)26-25(27(32)22-10-9-11-24(20-22)36-19-6-2)28(33)29(34)31(26)17-16-30(7-3)8-4/h5,9-15,20,26,32H,1,6-8,16-19H2,2-4H3. The number of aliphatic hydroxyl groups is 1. The highest BCUT2D eigenvalue weighted by Crippen LogP contribution is 2.40. The molecule has 0 saturated carbocycles. The number of nitrogens with zero attached hydrogens (tertiary/aromatic N) is 2. The first kappa shape index (κ1) is 27.0. The number of Topliss-reactive ketones (excluding diaryl/α,β-unsaturated/α-hetero) is 1. The fourth-order valence-corrected chi connectivity index (χ4v) is 4.26. The van der Waals surface area contributed by atoms with Gasteiger partial charge in [-0.3, -0.25) is 9.59 Å². The maximum Gasteiger partial charge on any atom is 0.295 e. The first-order valence-corrected chi connectivity index (χ1v) is 12.5. The summed E-state index contributed by atoms with van der Waals surface area (Å²) in [4.78, 5) is 30.2. The van der Waals surface area contributed by atoms with E-state index in [9.17, 15) is 14.7 Å². The van der Waals surface area contributed by atoms with Crippen LogP contribution >= 0.6 is 0 Å². The number of benzene rings is 2. The molecule has 0 radical (unpaired) electrons. The molecule has 1 saturated heterocycles. The van der Waals surface area contributed by atoms with Crippen LogP contribution in [0.15, 0.2) is 66.8 Å². The summed E-state index contributed by atoms with van der Waals surface area (Å²) in [6.45, 7) is 13.4. The van der Waals surface area contributed by atoms with Crippen molar-refractivity contribution in [2.75, 3.05) is 39.4 Å². The molecule has 0 aromatic heterocycles. The zero-order valence-corrected chi connectivity index (χ0v) is 21.4. The third kappa shape index (κ3) is 6.15. The Kier molecular flexibility index (Phi) is 9.70. The van der Waals surface area contributed by atoms with Crippen molar-refractivity contribution in [2.45, 2.75) is 33.2 Å². The second kappa shape index (κ2) is 12.9. The first-order chi connectivity index (χ1) is 17.4. The van der Waals surface area contributed by atoms with Gasteiger partial charge in [0.25, 0.3) is 11.7 Å². The number of amides is 1. The topological polar surface area (TPSA) is 79.3 Å². The third-order valence-corrected chi connectivity index (χ3v) is 6.24. The van der Waals surface area contributed by atoms with E-state index >= 15 is 0 Å². The van der Waals surface area contributed by atoms with Gasteiger partial charge in [0.05, 0.1) is 18.2 Å². The van der Waals surface area contributed by atoms with E-state index in [1.54, 1.807) is 47.4 Å². The van der Waals surface area contributed by atoms with Crippen LogP contribution in [0.25, 0.3) is 5.76 Å². The second-order valence-corrected chi connectivity index (χ2v) is 8.56. The minimum Gasteiger partial charge on any atom is -0.507 e. The predicted octanol–water partition coefficient (Wildman–Crippen LogP) is 4.80. The fraction of sp³-hybridized carbons (Fsp3) is 0.379. The number of rotatable bonds is 13. The van der Waals surface area contributed by atoms with Crippen molar-refractivity contribution in [3.8, 4) is 11.5 Å². The number of likely N-dealkylation sites (tertiary alicyclic amines) is 1. The summed E-state index contributed by atoms with van der Waals surface area (Å²) in [6, 6.07) is 13.5. The van der Waals surface area contributed by atoms with Crippen LogP contribution in [0.4, 0.5) is 0 Å². The average molecular weight is 493 g/mol. The fourth-order valence-electron chi connectivity index (χ4n) is 4.26. The molecule has 1 amide bonds. The summed E-state index contributed by atoms with van der Waals surface area (Å²) in [5.74, 6) is -0.267. The number of carbonyl (C=O) groups is 2. The van der Waals surface area contributed by atoms with Crippen LogP contribution in [0.3, 0.4) is 0 Å². The SMILES string of the molecule is C=CCOc1ccc(C2C(=C(O)c3cccc(OCCC)c3)C(=O)C(=O)N2CCN(CC)CC)cc1. The smallest absolute Gasteiger partial charge is 0.295 e. The molecule has 1 atom stereocenters. The van der Waals surface area contributed by atoms with Crippen LogP contribution in [0.2, 0.25) is 0 Å². The van der Waals surface area contributed by atoms with Crippen LogP contribution in [-0.2, 0) is 9.59 Å². The van der Waals surface area contributed by atoms with Crippen LogP contribution in [0.1, 0.15) is 44.4 Å². The highest BCUT2D eigenvalue weighted by molar-refractivity contribution is 6.46. The number of hydrogen-bond acceptors (Lipinski definition) is 6. The molecule has 2 aromatic rings. The van der Waals surface area contributed by atoms with E-state index in [1.807, 2.05) is 19.1 Å². The summed E-state index contributed by atoms with van der Waals surface area (Å²) >= 11 is 0. The Labute approximate surface area is 213 Å². The third-order valence-electron chi connectivity index (χ3n) is 6.24. The molecule has 1 N–H and O–H groups in total. The lowest BCUT2D eigenvalue weighted by Gasteiger charge is -2.28. The summed E-state index contributed by atoms with van der Waals surface area (Å²) in [5.41, 5.74) is 1.23. The van der Waals surface area contributed by atoms with Gasteiger partial charge < -0.3 is 24.4 Å². The zero-order chi connectivity index (χ0) is 26.1. The van der Waals surface area contributed by atoms with E-state index < -0.39 is 17.7 Å². The van der Waals surface area contributed by atoms with Gasteiger partial charge in [-0.05, 0) is 49.3 Å². The lowest BCUT2D eigenvalue weighted by Crippen LogP contribution is -2.38. The number of carbonyl (C=O) groups excluding carboxylic acids is 2. The van der Waals surface area contributed by atoms with Crippen LogP contribution in [0, 0.1) is 0 Å². The number of likely N-dealkylation sites (N-methyl/N-ethyl adjacent to an activating group) is 1. The van der Waals surface area contributed by atoms with Crippen LogP contribution in [-0.4, -0.2) is 66.0 Å². The Balaban J connectivity index is 2.05.